The highest BCUT2D eigenvalue weighted by molar-refractivity contribution is 7.93. The monoisotopic (exact) mass is 580 g/mol. The van der Waals surface area contributed by atoms with Gasteiger partial charge in [0.1, 0.15) is 4.75 Å². The summed E-state index contributed by atoms with van der Waals surface area (Å²) in [6.45, 7) is 10.5. The van der Waals surface area contributed by atoms with Gasteiger partial charge < -0.3 is 5.32 Å². The van der Waals surface area contributed by atoms with Crippen LogP contribution in [0.2, 0.25) is 0 Å². The van der Waals surface area contributed by atoms with Crippen LogP contribution in [0.1, 0.15) is 67.3 Å². The van der Waals surface area contributed by atoms with E-state index in [0.29, 0.717) is 18.5 Å². The molecule has 1 N–H and O–H groups in total. The number of anilines is 2. The molecule has 0 aromatic heterocycles. The van der Waals surface area contributed by atoms with E-state index in [4.69, 9.17) is 0 Å². The van der Waals surface area contributed by atoms with Gasteiger partial charge in [-0.05, 0) is 78.1 Å². The Bertz CT molecular complexity index is 1630. The second-order valence-electron chi connectivity index (χ2n) is 12.1. The lowest BCUT2D eigenvalue weighted by atomic mass is 9.92. The Labute approximate surface area is 250 Å². The van der Waals surface area contributed by atoms with E-state index in [1.54, 1.807) is 29.2 Å². The maximum atomic E-state index is 14.6. The summed E-state index contributed by atoms with van der Waals surface area (Å²) in [4.78, 5) is 16.3. The van der Waals surface area contributed by atoms with Gasteiger partial charge in [-0.1, -0.05) is 106 Å². The molecular formula is C36H40N2O3S. The van der Waals surface area contributed by atoms with Gasteiger partial charge in [-0.25, -0.2) is 13.2 Å². The summed E-state index contributed by atoms with van der Waals surface area (Å²) in [5, 5.41) is 3.25. The standard InChI is InChI=1S/C36H40N2O3S/c1-25(2)32-16-11-17-33(26(3)4)34(32)37-35(39)38(30-20-18-27(5)19-21-30)24-36(22-28-12-9-10-13-29(28)23-36)42(40,41)31-14-7-6-8-15-31/h6-21,25-26H,22-24H2,1-5H3,(H,37,39). The summed E-state index contributed by atoms with van der Waals surface area (Å²) in [5.41, 5.74) is 6.65. The number of hydrogen-bond acceptors (Lipinski definition) is 3. The molecule has 0 aliphatic heterocycles. The summed E-state index contributed by atoms with van der Waals surface area (Å²) < 4.78 is 27.9. The number of urea groups is 1. The molecule has 4 aromatic rings. The molecule has 4 aromatic carbocycles. The Balaban J connectivity index is 1.63. The van der Waals surface area contributed by atoms with Crippen LogP contribution >= 0.6 is 0 Å². The first-order valence-electron chi connectivity index (χ1n) is 14.7. The van der Waals surface area contributed by atoms with Gasteiger partial charge in [0.15, 0.2) is 9.84 Å². The van der Waals surface area contributed by atoms with Gasteiger partial charge in [0.05, 0.1) is 4.90 Å². The van der Waals surface area contributed by atoms with Gasteiger partial charge in [0.2, 0.25) is 0 Å². The molecule has 0 saturated carbocycles. The molecule has 0 bridgehead atoms. The van der Waals surface area contributed by atoms with Crippen molar-refractivity contribution in [3.63, 3.8) is 0 Å². The van der Waals surface area contributed by atoms with E-state index < -0.39 is 14.6 Å². The number of nitrogens with one attached hydrogen (secondary N) is 1. The average Bonchev–Trinajstić information content (AvgIpc) is 3.37. The van der Waals surface area contributed by atoms with Gasteiger partial charge in [0, 0.05) is 17.9 Å². The molecule has 5 rings (SSSR count). The van der Waals surface area contributed by atoms with Crippen LogP contribution in [-0.4, -0.2) is 25.7 Å². The minimum Gasteiger partial charge on any atom is -0.307 e. The molecule has 0 heterocycles. The molecule has 0 radical (unpaired) electrons. The van der Waals surface area contributed by atoms with Crippen LogP contribution in [0.4, 0.5) is 16.2 Å². The second kappa shape index (κ2) is 11.8. The van der Waals surface area contributed by atoms with Gasteiger partial charge in [-0.2, -0.15) is 0 Å². The average molecular weight is 581 g/mol. The molecule has 0 unspecified atom stereocenters. The van der Waals surface area contributed by atoms with Crippen LogP contribution in [0.3, 0.4) is 0 Å². The quantitative estimate of drug-likeness (QED) is 0.228. The number of carbonyl (C=O) groups excluding carboxylic acids is 1. The summed E-state index contributed by atoms with van der Waals surface area (Å²) in [6, 6.07) is 30.1. The Morgan fingerprint density at radius 2 is 1.29 bits per heavy atom. The molecule has 5 nitrogen and oxygen atoms in total. The van der Waals surface area contributed by atoms with Gasteiger partial charge in [0.25, 0.3) is 0 Å². The Kier molecular flexibility index (Phi) is 8.29. The highest BCUT2D eigenvalue weighted by Gasteiger charge is 2.51. The molecule has 42 heavy (non-hydrogen) atoms. The lowest BCUT2D eigenvalue weighted by Crippen LogP contribution is -2.52. The maximum absolute atomic E-state index is 14.6. The fourth-order valence-electron chi connectivity index (χ4n) is 6.06. The molecule has 0 spiro atoms. The first kappa shape index (κ1) is 29.6. The van der Waals surface area contributed by atoms with Crippen molar-refractivity contribution in [2.24, 2.45) is 0 Å². The molecule has 0 atom stereocenters. The van der Waals surface area contributed by atoms with E-state index in [2.05, 4.69) is 45.1 Å². The Morgan fingerprint density at radius 3 is 1.81 bits per heavy atom. The van der Waals surface area contributed by atoms with Gasteiger partial charge in [-0.15, -0.1) is 0 Å². The largest absolute Gasteiger partial charge is 0.326 e. The fraction of sp³-hybridized carbons (Fsp3) is 0.306. The van der Waals surface area contributed by atoms with Gasteiger partial charge >= 0.3 is 6.03 Å². The predicted octanol–water partition coefficient (Wildman–Crippen LogP) is 8.29. The normalized spacial score (nSPS) is 14.2. The van der Waals surface area contributed by atoms with E-state index >= 15 is 0 Å². The smallest absolute Gasteiger partial charge is 0.307 e. The molecule has 0 saturated heterocycles. The number of aryl methyl sites for hydroxylation is 1. The number of benzene rings is 4. The number of nitrogens with zero attached hydrogens (tertiary/aromatic N) is 1. The zero-order valence-corrected chi connectivity index (χ0v) is 25.9. The predicted molar refractivity (Wildman–Crippen MR) is 172 cm³/mol. The number of rotatable bonds is 8. The van der Waals surface area contributed by atoms with Crippen molar-refractivity contribution >= 4 is 27.2 Å². The second-order valence-corrected chi connectivity index (χ2v) is 14.4. The topological polar surface area (TPSA) is 66.5 Å². The van der Waals surface area contributed by atoms with Crippen LogP contribution in [-0.2, 0) is 22.7 Å². The maximum Gasteiger partial charge on any atom is 0.326 e. The minimum absolute atomic E-state index is 0.00859. The van der Waals surface area contributed by atoms with Crippen molar-refractivity contribution in [1.29, 1.82) is 0 Å². The van der Waals surface area contributed by atoms with Crippen LogP contribution in [0.25, 0.3) is 0 Å². The van der Waals surface area contributed by atoms with E-state index in [1.165, 1.54) is 0 Å². The first-order chi connectivity index (χ1) is 20.0. The summed E-state index contributed by atoms with van der Waals surface area (Å²) in [7, 11) is -3.85. The van der Waals surface area contributed by atoms with Crippen molar-refractivity contribution in [1.82, 2.24) is 0 Å². The van der Waals surface area contributed by atoms with Crippen LogP contribution in [0.5, 0.6) is 0 Å². The van der Waals surface area contributed by atoms with E-state index in [-0.39, 0.29) is 29.3 Å². The number of fused-ring (bicyclic) bond motifs is 1. The molecule has 1 aliphatic rings. The van der Waals surface area contributed by atoms with Crippen LogP contribution in [0, 0.1) is 6.92 Å². The van der Waals surface area contributed by atoms with Crippen molar-refractivity contribution in [3.8, 4) is 0 Å². The number of sulfone groups is 1. The number of carbonyl (C=O) groups is 1. The Hall–Kier alpha value is -3.90. The fourth-order valence-corrected chi connectivity index (χ4v) is 8.06. The zero-order valence-electron chi connectivity index (χ0n) is 25.1. The third kappa shape index (κ3) is 5.60. The lowest BCUT2D eigenvalue weighted by Gasteiger charge is -2.35. The Morgan fingerprint density at radius 1 is 0.762 bits per heavy atom. The number of hydrogen-bond donors (Lipinski definition) is 1. The zero-order chi connectivity index (χ0) is 30.1. The van der Waals surface area contributed by atoms with E-state index in [0.717, 1.165) is 33.5 Å². The molecule has 218 valence electrons. The highest BCUT2D eigenvalue weighted by Crippen LogP contribution is 2.41. The van der Waals surface area contributed by atoms with Crippen molar-refractivity contribution in [2.75, 3.05) is 16.8 Å². The molecule has 6 heteroatoms. The molecular weight excluding hydrogens is 540 g/mol. The SMILES string of the molecule is Cc1ccc(N(CC2(S(=O)(=O)c3ccccc3)Cc3ccccc3C2)C(=O)Nc2c(C(C)C)cccc2C(C)C)cc1. The van der Waals surface area contributed by atoms with Crippen molar-refractivity contribution in [3.05, 3.63) is 125 Å². The van der Waals surface area contributed by atoms with E-state index in [9.17, 15) is 13.2 Å². The summed E-state index contributed by atoms with van der Waals surface area (Å²) in [5.74, 6) is 0.391. The molecule has 0 fully saturated rings. The van der Waals surface area contributed by atoms with Crippen LogP contribution in [0.15, 0.2) is 102 Å². The van der Waals surface area contributed by atoms with E-state index in [1.807, 2.05) is 67.6 Å². The van der Waals surface area contributed by atoms with Crippen molar-refractivity contribution in [2.45, 2.75) is 68.9 Å². The minimum atomic E-state index is -3.85. The summed E-state index contributed by atoms with van der Waals surface area (Å²) >= 11 is 0. The first-order valence-corrected chi connectivity index (χ1v) is 16.2. The number of amides is 2. The summed E-state index contributed by atoms with van der Waals surface area (Å²) in [6.07, 6.45) is 0.658. The third-order valence-corrected chi connectivity index (χ3v) is 10.9. The highest BCUT2D eigenvalue weighted by atomic mass is 32.2. The van der Waals surface area contributed by atoms with Crippen LogP contribution < -0.4 is 10.2 Å². The molecule has 2 amide bonds. The molecule has 1 aliphatic carbocycles. The third-order valence-electron chi connectivity index (χ3n) is 8.41. The van der Waals surface area contributed by atoms with Crippen molar-refractivity contribution < 1.29 is 13.2 Å². The van der Waals surface area contributed by atoms with Gasteiger partial charge in [-0.3, -0.25) is 4.90 Å². The lowest BCUT2D eigenvalue weighted by molar-refractivity contribution is 0.256. The number of para-hydroxylation sites is 1.